The summed E-state index contributed by atoms with van der Waals surface area (Å²) in [4.78, 5) is 37.0. The highest BCUT2D eigenvalue weighted by molar-refractivity contribution is 5.92. The molecule has 0 aliphatic carbocycles. The Balaban J connectivity index is 1.95. The molecule has 0 radical (unpaired) electrons. The van der Waals surface area contributed by atoms with E-state index in [1.165, 1.54) is 0 Å². The maximum atomic E-state index is 12.1. The van der Waals surface area contributed by atoms with E-state index >= 15 is 0 Å². The van der Waals surface area contributed by atoms with E-state index in [4.69, 9.17) is 0 Å². The normalized spacial score (nSPS) is 15.0. The molecule has 1 aromatic rings. The number of nitrogens with zero attached hydrogens (tertiary/aromatic N) is 5. The van der Waals surface area contributed by atoms with Crippen LogP contribution in [0.2, 0.25) is 0 Å². The summed E-state index contributed by atoms with van der Waals surface area (Å²) >= 11 is 0. The fourth-order valence-corrected chi connectivity index (χ4v) is 2.14. The van der Waals surface area contributed by atoms with Crippen molar-refractivity contribution in [3.63, 3.8) is 0 Å². The van der Waals surface area contributed by atoms with Crippen molar-refractivity contribution in [1.82, 2.24) is 25.1 Å². The second-order valence-electron chi connectivity index (χ2n) is 5.43. The molecule has 1 aromatic heterocycles. The molecule has 2 amide bonds. The van der Waals surface area contributed by atoms with Gasteiger partial charge in [-0.2, -0.15) is 0 Å². The molecule has 8 nitrogen and oxygen atoms in total. The van der Waals surface area contributed by atoms with Crippen LogP contribution in [0, 0.1) is 0 Å². The largest absolute Gasteiger partial charge is 0.349 e. The monoisotopic (exact) mass is 306 g/mol. The van der Waals surface area contributed by atoms with E-state index in [1.807, 2.05) is 23.9 Å². The highest BCUT2D eigenvalue weighted by atomic mass is 16.2. The van der Waals surface area contributed by atoms with E-state index < -0.39 is 0 Å². The Bertz CT molecular complexity index is 514. The Hall–Kier alpha value is -2.22. The first-order valence-corrected chi connectivity index (χ1v) is 7.30. The van der Waals surface area contributed by atoms with Gasteiger partial charge in [-0.3, -0.25) is 9.59 Å². The molecule has 1 saturated heterocycles. The molecule has 2 rings (SSSR count). The molecular weight excluding hydrogens is 284 g/mol. The van der Waals surface area contributed by atoms with Crippen molar-refractivity contribution in [2.75, 3.05) is 58.3 Å². The molecule has 120 valence electrons. The molecule has 1 fully saturated rings. The number of likely N-dealkylation sites (N-methyl/N-ethyl adjacent to an activating group) is 1. The number of carbonyl (C=O) groups excluding carboxylic acids is 2. The standard InChI is InChI=1S/C14H22N6O2/c1-18(2)6-5-15-13(22)12-3-4-16-14(17-12)20-9-7-19(11-21)8-10-20/h3-4,11H,5-10H2,1-2H3,(H,15,22). The maximum absolute atomic E-state index is 12.1. The van der Waals surface area contributed by atoms with Crippen LogP contribution < -0.4 is 10.2 Å². The van der Waals surface area contributed by atoms with Crippen LogP contribution in [0.4, 0.5) is 5.95 Å². The fraction of sp³-hybridized carbons (Fsp3) is 0.571. The first-order chi connectivity index (χ1) is 10.6. The topological polar surface area (TPSA) is 81.7 Å². The zero-order valence-corrected chi connectivity index (χ0v) is 13.0. The number of anilines is 1. The zero-order valence-electron chi connectivity index (χ0n) is 13.0. The predicted molar refractivity (Wildman–Crippen MR) is 82.8 cm³/mol. The molecule has 2 heterocycles. The van der Waals surface area contributed by atoms with Gasteiger partial charge in [-0.15, -0.1) is 0 Å². The summed E-state index contributed by atoms with van der Waals surface area (Å²) in [5, 5.41) is 2.83. The van der Waals surface area contributed by atoms with Crippen molar-refractivity contribution >= 4 is 18.3 Å². The minimum Gasteiger partial charge on any atom is -0.349 e. The average Bonchev–Trinajstić information content (AvgIpc) is 2.54. The number of carbonyl (C=O) groups is 2. The van der Waals surface area contributed by atoms with Gasteiger partial charge in [0.15, 0.2) is 0 Å². The second kappa shape index (κ2) is 7.69. The Kier molecular flexibility index (Phi) is 5.65. The Labute approximate surface area is 130 Å². The highest BCUT2D eigenvalue weighted by Gasteiger charge is 2.18. The minimum atomic E-state index is -0.197. The highest BCUT2D eigenvalue weighted by Crippen LogP contribution is 2.10. The van der Waals surface area contributed by atoms with Crippen molar-refractivity contribution in [1.29, 1.82) is 0 Å². The van der Waals surface area contributed by atoms with Crippen molar-refractivity contribution in [3.8, 4) is 0 Å². The molecule has 0 saturated carbocycles. The number of rotatable bonds is 6. The van der Waals surface area contributed by atoms with Crippen molar-refractivity contribution in [3.05, 3.63) is 18.0 Å². The molecule has 22 heavy (non-hydrogen) atoms. The van der Waals surface area contributed by atoms with Crippen LogP contribution in [-0.2, 0) is 4.79 Å². The lowest BCUT2D eigenvalue weighted by Crippen LogP contribution is -2.46. The third-order valence-electron chi connectivity index (χ3n) is 3.47. The summed E-state index contributed by atoms with van der Waals surface area (Å²) in [7, 11) is 3.90. The summed E-state index contributed by atoms with van der Waals surface area (Å²) in [5.74, 6) is 0.336. The van der Waals surface area contributed by atoms with Crippen LogP contribution in [0.25, 0.3) is 0 Å². The number of amides is 2. The van der Waals surface area contributed by atoms with E-state index in [0.29, 0.717) is 44.4 Å². The van der Waals surface area contributed by atoms with Crippen molar-refractivity contribution in [2.45, 2.75) is 0 Å². The third-order valence-corrected chi connectivity index (χ3v) is 3.47. The lowest BCUT2D eigenvalue weighted by Gasteiger charge is -2.32. The molecule has 0 aromatic carbocycles. The quantitative estimate of drug-likeness (QED) is 0.682. The van der Waals surface area contributed by atoms with Crippen LogP contribution in [-0.4, -0.2) is 85.4 Å². The van der Waals surface area contributed by atoms with E-state index in [2.05, 4.69) is 15.3 Å². The fourth-order valence-electron chi connectivity index (χ4n) is 2.14. The molecule has 1 aliphatic rings. The summed E-state index contributed by atoms with van der Waals surface area (Å²) in [5.41, 5.74) is 0.363. The third kappa shape index (κ3) is 4.39. The predicted octanol–water partition coefficient (Wildman–Crippen LogP) is -0.954. The van der Waals surface area contributed by atoms with Gasteiger partial charge in [0.1, 0.15) is 5.69 Å². The van der Waals surface area contributed by atoms with Gasteiger partial charge < -0.3 is 20.0 Å². The van der Waals surface area contributed by atoms with E-state index in [1.54, 1.807) is 17.2 Å². The van der Waals surface area contributed by atoms with Crippen molar-refractivity contribution < 1.29 is 9.59 Å². The Morgan fingerprint density at radius 2 is 2.09 bits per heavy atom. The van der Waals surface area contributed by atoms with Crippen LogP contribution in [0.1, 0.15) is 10.5 Å². The average molecular weight is 306 g/mol. The maximum Gasteiger partial charge on any atom is 0.270 e. The van der Waals surface area contributed by atoms with Gasteiger partial charge in [-0.05, 0) is 20.2 Å². The number of piperazine rings is 1. The molecule has 0 atom stereocenters. The number of hydrogen-bond acceptors (Lipinski definition) is 6. The molecule has 8 heteroatoms. The Morgan fingerprint density at radius 1 is 1.36 bits per heavy atom. The minimum absolute atomic E-state index is 0.197. The summed E-state index contributed by atoms with van der Waals surface area (Å²) in [6.45, 7) is 3.98. The summed E-state index contributed by atoms with van der Waals surface area (Å²) in [6.07, 6.45) is 2.45. The van der Waals surface area contributed by atoms with E-state index in [-0.39, 0.29) is 5.91 Å². The van der Waals surface area contributed by atoms with Gasteiger partial charge in [0.2, 0.25) is 12.4 Å². The number of aromatic nitrogens is 2. The first-order valence-electron chi connectivity index (χ1n) is 7.30. The van der Waals surface area contributed by atoms with Gasteiger partial charge >= 0.3 is 0 Å². The van der Waals surface area contributed by atoms with Gasteiger partial charge in [0.25, 0.3) is 5.91 Å². The second-order valence-corrected chi connectivity index (χ2v) is 5.43. The lowest BCUT2D eigenvalue weighted by atomic mass is 10.3. The van der Waals surface area contributed by atoms with Crippen LogP contribution in [0.5, 0.6) is 0 Å². The number of nitrogens with one attached hydrogen (secondary N) is 1. The smallest absolute Gasteiger partial charge is 0.270 e. The molecule has 1 aliphatic heterocycles. The van der Waals surface area contributed by atoms with Gasteiger partial charge in [0.05, 0.1) is 0 Å². The van der Waals surface area contributed by atoms with Crippen LogP contribution in [0.15, 0.2) is 12.3 Å². The Morgan fingerprint density at radius 3 is 2.73 bits per heavy atom. The van der Waals surface area contributed by atoms with Gasteiger partial charge in [-0.25, -0.2) is 9.97 Å². The van der Waals surface area contributed by atoms with E-state index in [0.717, 1.165) is 13.0 Å². The molecular formula is C14H22N6O2. The SMILES string of the molecule is CN(C)CCNC(=O)c1ccnc(N2CCN(C=O)CC2)n1. The van der Waals surface area contributed by atoms with Gasteiger partial charge in [-0.1, -0.05) is 0 Å². The van der Waals surface area contributed by atoms with E-state index in [9.17, 15) is 9.59 Å². The number of hydrogen-bond donors (Lipinski definition) is 1. The van der Waals surface area contributed by atoms with Gasteiger partial charge in [0, 0.05) is 45.5 Å². The molecule has 0 unspecified atom stereocenters. The van der Waals surface area contributed by atoms with Crippen LogP contribution >= 0.6 is 0 Å². The molecule has 0 bridgehead atoms. The first kappa shape index (κ1) is 16.2. The summed E-state index contributed by atoms with van der Waals surface area (Å²) < 4.78 is 0. The van der Waals surface area contributed by atoms with Crippen LogP contribution in [0.3, 0.4) is 0 Å². The molecule has 1 N–H and O–H groups in total. The molecule has 0 spiro atoms. The zero-order chi connectivity index (χ0) is 15.9. The van der Waals surface area contributed by atoms with Crippen molar-refractivity contribution in [2.24, 2.45) is 0 Å². The lowest BCUT2D eigenvalue weighted by molar-refractivity contribution is -0.118. The summed E-state index contributed by atoms with van der Waals surface area (Å²) in [6, 6.07) is 1.61.